The van der Waals surface area contributed by atoms with Crippen LogP contribution < -0.4 is 4.74 Å². The standard InChI is InChI=1S/C32H49NO/c1-3-5-7-9-10-12-14-27-15-17-29(18-16-27)32-24-21-30(26-33-32)28-19-22-31(23-20-28)34-25-13-11-8-6-4-2/h19-24,26-27,29H,3-18,25H2,1-2H3/t27-,29-. The van der Waals surface area contributed by atoms with Gasteiger partial charge < -0.3 is 4.74 Å². The molecule has 2 nitrogen and oxygen atoms in total. The van der Waals surface area contributed by atoms with Crippen LogP contribution in [0, 0.1) is 5.92 Å². The molecule has 0 spiro atoms. The van der Waals surface area contributed by atoms with Gasteiger partial charge in [-0.3, -0.25) is 4.98 Å². The maximum Gasteiger partial charge on any atom is 0.119 e. The average Bonchev–Trinajstić information content (AvgIpc) is 2.89. The van der Waals surface area contributed by atoms with Crippen LogP contribution in [-0.4, -0.2) is 11.6 Å². The highest BCUT2D eigenvalue weighted by atomic mass is 16.5. The van der Waals surface area contributed by atoms with Crippen LogP contribution >= 0.6 is 0 Å². The minimum Gasteiger partial charge on any atom is -0.494 e. The molecule has 0 aliphatic heterocycles. The van der Waals surface area contributed by atoms with Crippen molar-refractivity contribution in [2.45, 2.75) is 122 Å². The summed E-state index contributed by atoms with van der Waals surface area (Å²) in [5.41, 5.74) is 3.72. The number of pyridine rings is 1. The normalized spacial score (nSPS) is 18.2. The van der Waals surface area contributed by atoms with Gasteiger partial charge in [0.25, 0.3) is 0 Å². The molecular weight excluding hydrogens is 414 g/mol. The van der Waals surface area contributed by atoms with Crippen molar-refractivity contribution in [3.05, 3.63) is 48.3 Å². The Labute approximate surface area is 209 Å². The first kappa shape index (κ1) is 26.8. The van der Waals surface area contributed by atoms with Crippen LogP contribution in [-0.2, 0) is 0 Å². The summed E-state index contributed by atoms with van der Waals surface area (Å²) >= 11 is 0. The van der Waals surface area contributed by atoms with Gasteiger partial charge in [0.05, 0.1) is 6.61 Å². The molecule has 1 aromatic heterocycles. The molecule has 0 amide bonds. The van der Waals surface area contributed by atoms with Crippen LogP contribution in [0.3, 0.4) is 0 Å². The Bertz CT molecular complexity index is 759. The SMILES string of the molecule is CCCCCCCC[C@H]1CC[C@H](c2ccc(-c3ccc(OCCCCCCC)cc3)cn2)CC1. The fourth-order valence-corrected chi connectivity index (χ4v) is 5.42. The fourth-order valence-electron chi connectivity index (χ4n) is 5.42. The van der Waals surface area contributed by atoms with Crippen molar-refractivity contribution in [2.75, 3.05) is 6.61 Å². The van der Waals surface area contributed by atoms with Crippen molar-refractivity contribution >= 4 is 0 Å². The zero-order chi connectivity index (χ0) is 23.8. The highest BCUT2D eigenvalue weighted by Crippen LogP contribution is 2.37. The molecule has 2 aromatic rings. The summed E-state index contributed by atoms with van der Waals surface area (Å²) in [4.78, 5) is 4.88. The van der Waals surface area contributed by atoms with Crippen LogP contribution in [0.5, 0.6) is 5.75 Å². The van der Waals surface area contributed by atoms with Crippen LogP contribution in [0.15, 0.2) is 42.6 Å². The highest BCUT2D eigenvalue weighted by molar-refractivity contribution is 5.63. The van der Waals surface area contributed by atoms with Crippen LogP contribution in [0.1, 0.15) is 128 Å². The minimum atomic E-state index is 0.656. The van der Waals surface area contributed by atoms with Crippen LogP contribution in [0.25, 0.3) is 11.1 Å². The topological polar surface area (TPSA) is 22.1 Å². The number of rotatable bonds is 16. The Morgan fingerprint density at radius 1 is 0.676 bits per heavy atom. The lowest BCUT2D eigenvalue weighted by Crippen LogP contribution is -2.14. The average molecular weight is 464 g/mol. The third-order valence-corrected chi connectivity index (χ3v) is 7.72. The second-order valence-electron chi connectivity index (χ2n) is 10.5. The first-order valence-corrected chi connectivity index (χ1v) is 14.5. The van der Waals surface area contributed by atoms with Gasteiger partial charge in [0.15, 0.2) is 0 Å². The van der Waals surface area contributed by atoms with Crippen molar-refractivity contribution in [2.24, 2.45) is 5.92 Å². The van der Waals surface area contributed by atoms with Crippen molar-refractivity contribution in [1.82, 2.24) is 4.98 Å². The van der Waals surface area contributed by atoms with Crippen LogP contribution in [0.4, 0.5) is 0 Å². The second kappa shape index (κ2) is 16.0. The smallest absolute Gasteiger partial charge is 0.119 e. The predicted molar refractivity (Wildman–Crippen MR) is 147 cm³/mol. The molecule has 3 rings (SSSR count). The Morgan fingerprint density at radius 2 is 1.29 bits per heavy atom. The van der Waals surface area contributed by atoms with E-state index in [1.54, 1.807) is 0 Å². The predicted octanol–water partition coefficient (Wildman–Crippen LogP) is 10.1. The minimum absolute atomic E-state index is 0.656. The molecule has 0 saturated heterocycles. The van der Waals surface area contributed by atoms with Crippen LogP contribution in [0.2, 0.25) is 0 Å². The van der Waals surface area contributed by atoms with Crippen molar-refractivity contribution in [1.29, 1.82) is 0 Å². The summed E-state index contributed by atoms with van der Waals surface area (Å²) < 4.78 is 5.91. The van der Waals surface area contributed by atoms with Gasteiger partial charge in [-0.1, -0.05) is 103 Å². The summed E-state index contributed by atoms with van der Waals surface area (Å²) in [5, 5.41) is 0. The molecule has 0 radical (unpaired) electrons. The quantitative estimate of drug-likeness (QED) is 0.231. The Balaban J connectivity index is 1.37. The van der Waals surface area contributed by atoms with Gasteiger partial charge >= 0.3 is 0 Å². The van der Waals surface area contributed by atoms with E-state index in [4.69, 9.17) is 9.72 Å². The molecule has 0 unspecified atom stereocenters. The summed E-state index contributed by atoms with van der Waals surface area (Å²) in [6.45, 7) is 5.37. The van der Waals surface area contributed by atoms with E-state index in [0.29, 0.717) is 5.92 Å². The lowest BCUT2D eigenvalue weighted by molar-refractivity contribution is 0.299. The van der Waals surface area contributed by atoms with E-state index in [0.717, 1.165) is 24.7 Å². The van der Waals surface area contributed by atoms with Gasteiger partial charge in [0.1, 0.15) is 5.75 Å². The van der Waals surface area contributed by atoms with E-state index in [2.05, 4.69) is 56.4 Å². The molecule has 34 heavy (non-hydrogen) atoms. The molecular formula is C32H49NO. The highest BCUT2D eigenvalue weighted by Gasteiger charge is 2.22. The molecule has 188 valence electrons. The number of hydrogen-bond acceptors (Lipinski definition) is 2. The summed E-state index contributed by atoms with van der Waals surface area (Å²) in [5.74, 6) is 2.59. The first-order chi connectivity index (χ1) is 16.8. The number of unbranched alkanes of at least 4 members (excludes halogenated alkanes) is 9. The molecule has 0 N–H and O–H groups in total. The lowest BCUT2D eigenvalue weighted by Gasteiger charge is -2.28. The monoisotopic (exact) mass is 463 g/mol. The van der Waals surface area contributed by atoms with Gasteiger partial charge in [-0.15, -0.1) is 0 Å². The summed E-state index contributed by atoms with van der Waals surface area (Å²) in [6, 6.07) is 13.1. The van der Waals surface area contributed by atoms with Gasteiger partial charge in [-0.2, -0.15) is 0 Å². The Morgan fingerprint density at radius 3 is 1.94 bits per heavy atom. The summed E-state index contributed by atoms with van der Waals surface area (Å²) in [6.07, 6.45) is 23.8. The fraction of sp³-hybridized carbons (Fsp3) is 0.656. The maximum atomic E-state index is 5.91. The number of benzene rings is 1. The third kappa shape index (κ3) is 9.43. The van der Waals surface area contributed by atoms with E-state index in [1.807, 2.05) is 0 Å². The summed E-state index contributed by atoms with van der Waals surface area (Å²) in [7, 11) is 0. The molecule has 2 heteroatoms. The Hall–Kier alpha value is -1.83. The number of aromatic nitrogens is 1. The maximum absolute atomic E-state index is 5.91. The van der Waals surface area contributed by atoms with Gasteiger partial charge in [-0.05, 0) is 61.8 Å². The largest absolute Gasteiger partial charge is 0.494 e. The molecule has 1 aliphatic carbocycles. The van der Waals surface area contributed by atoms with Crippen molar-refractivity contribution in [3.63, 3.8) is 0 Å². The number of nitrogens with zero attached hydrogens (tertiary/aromatic N) is 1. The molecule has 1 aromatic carbocycles. The van der Waals surface area contributed by atoms with E-state index in [9.17, 15) is 0 Å². The first-order valence-electron chi connectivity index (χ1n) is 14.5. The zero-order valence-electron chi connectivity index (χ0n) is 22.1. The van der Waals surface area contributed by atoms with Crippen molar-refractivity contribution in [3.8, 4) is 16.9 Å². The molecule has 1 heterocycles. The lowest BCUT2D eigenvalue weighted by atomic mass is 9.78. The third-order valence-electron chi connectivity index (χ3n) is 7.72. The molecule has 0 bridgehead atoms. The number of ether oxygens (including phenoxy) is 1. The Kier molecular flexibility index (Phi) is 12.6. The van der Waals surface area contributed by atoms with Gasteiger partial charge in [0.2, 0.25) is 0 Å². The molecule has 1 fully saturated rings. The molecule has 0 atom stereocenters. The zero-order valence-corrected chi connectivity index (χ0v) is 22.1. The van der Waals surface area contributed by atoms with E-state index < -0.39 is 0 Å². The second-order valence-corrected chi connectivity index (χ2v) is 10.5. The molecule has 1 saturated carbocycles. The van der Waals surface area contributed by atoms with Gasteiger partial charge in [-0.25, -0.2) is 0 Å². The van der Waals surface area contributed by atoms with Gasteiger partial charge in [0, 0.05) is 23.4 Å². The van der Waals surface area contributed by atoms with E-state index in [1.165, 1.54) is 113 Å². The molecule has 1 aliphatic rings. The van der Waals surface area contributed by atoms with E-state index >= 15 is 0 Å². The van der Waals surface area contributed by atoms with E-state index in [-0.39, 0.29) is 0 Å². The number of hydrogen-bond donors (Lipinski definition) is 0. The van der Waals surface area contributed by atoms with Crippen molar-refractivity contribution < 1.29 is 4.74 Å².